The van der Waals surface area contributed by atoms with Gasteiger partial charge in [0.15, 0.2) is 0 Å². The highest BCUT2D eigenvalue weighted by atomic mass is 19.1. The summed E-state index contributed by atoms with van der Waals surface area (Å²) in [5.74, 6) is 1.62. The van der Waals surface area contributed by atoms with Gasteiger partial charge in [0.1, 0.15) is 11.6 Å². The quantitative estimate of drug-likeness (QED) is 0.435. The number of nitrogens with zero attached hydrogens (tertiary/aromatic N) is 5. The molecule has 1 saturated carbocycles. The van der Waals surface area contributed by atoms with E-state index in [9.17, 15) is 14.4 Å². The second kappa shape index (κ2) is 11.5. The number of amides is 3. The number of piperazine rings is 1. The molecule has 0 spiro atoms. The number of nitrogens with one attached hydrogen (secondary N) is 1. The van der Waals surface area contributed by atoms with Crippen LogP contribution in [0.3, 0.4) is 0 Å². The molecule has 0 bridgehead atoms. The molecule has 5 rings (SSSR count). The summed E-state index contributed by atoms with van der Waals surface area (Å²) < 4.78 is 16.4. The molecule has 12 heteroatoms. The largest absolute Gasteiger partial charge is 0.354 e. The number of rotatable bonds is 8. The monoisotopic (exact) mass is 568 g/mol. The first-order chi connectivity index (χ1) is 19.5. The Labute approximate surface area is 239 Å². The maximum Gasteiger partial charge on any atom is 0.354 e. The predicted octanol–water partition coefficient (Wildman–Crippen LogP) is 1.24. The van der Waals surface area contributed by atoms with E-state index in [0.29, 0.717) is 61.6 Å². The van der Waals surface area contributed by atoms with E-state index in [0.717, 1.165) is 26.1 Å². The fraction of sp³-hybridized carbons (Fsp3) is 0.586. The summed E-state index contributed by atoms with van der Waals surface area (Å²) in [4.78, 5) is 47.5. The van der Waals surface area contributed by atoms with Gasteiger partial charge in [-0.1, -0.05) is 13.0 Å². The summed E-state index contributed by atoms with van der Waals surface area (Å²) in [6.07, 6.45) is 3.02. The summed E-state index contributed by atoms with van der Waals surface area (Å²) >= 11 is 0. The van der Waals surface area contributed by atoms with Crippen molar-refractivity contribution in [1.82, 2.24) is 24.3 Å². The van der Waals surface area contributed by atoms with E-state index >= 15 is 4.39 Å². The smallest absolute Gasteiger partial charge is 0.338 e. The third-order valence-corrected chi connectivity index (χ3v) is 8.87. The minimum atomic E-state index is -0.970. The number of aromatic nitrogens is 2. The predicted molar refractivity (Wildman–Crippen MR) is 154 cm³/mol. The van der Waals surface area contributed by atoms with E-state index in [1.54, 1.807) is 35.8 Å². The molecular formula is C29H41FN8O3. The maximum atomic E-state index is 15.2. The highest BCUT2D eigenvalue weighted by Crippen LogP contribution is 2.51. The number of benzene rings is 1. The van der Waals surface area contributed by atoms with Crippen LogP contribution < -0.4 is 22.5 Å². The minimum Gasteiger partial charge on any atom is -0.338 e. The molecule has 11 nitrogen and oxygen atoms in total. The molecule has 3 fully saturated rings. The van der Waals surface area contributed by atoms with Crippen molar-refractivity contribution in [2.45, 2.75) is 45.2 Å². The summed E-state index contributed by atoms with van der Waals surface area (Å²) in [6, 6.07) is 6.18. The zero-order valence-electron chi connectivity index (χ0n) is 24.1. The van der Waals surface area contributed by atoms with Gasteiger partial charge in [-0.3, -0.25) is 19.6 Å². The first-order valence-corrected chi connectivity index (χ1v) is 14.5. The average Bonchev–Trinajstić information content (AvgIpc) is 3.41. The summed E-state index contributed by atoms with van der Waals surface area (Å²) in [7, 11) is 0. The molecule has 4 atom stereocenters. The SMILES string of the molecule is CCC(Cc1ccc(-n2ccc(NC(=O)N3CCN(C(=O)C(C)(C)N)CC3)nc2=O)cc1F)N1C[C@@H]2C(CN)[C@@H]2C1. The number of carbonyl (C=O) groups excluding carboxylic acids is 2. The Bertz CT molecular complexity index is 1340. The van der Waals surface area contributed by atoms with E-state index in [1.807, 2.05) is 0 Å². The molecule has 5 N–H and O–H groups in total. The van der Waals surface area contributed by atoms with Crippen LogP contribution in [-0.2, 0) is 11.2 Å². The molecule has 1 aliphatic carbocycles. The van der Waals surface area contributed by atoms with Gasteiger partial charge in [0, 0.05) is 51.5 Å². The molecule has 2 saturated heterocycles. The molecule has 3 amide bonds. The van der Waals surface area contributed by atoms with E-state index in [1.165, 1.54) is 22.9 Å². The van der Waals surface area contributed by atoms with Crippen molar-refractivity contribution in [3.8, 4) is 5.69 Å². The van der Waals surface area contributed by atoms with Gasteiger partial charge in [0.2, 0.25) is 5.91 Å². The molecule has 2 unspecified atom stereocenters. The van der Waals surface area contributed by atoms with Gasteiger partial charge in [0.25, 0.3) is 0 Å². The first-order valence-electron chi connectivity index (χ1n) is 14.5. The lowest BCUT2D eigenvalue weighted by molar-refractivity contribution is -0.137. The third-order valence-electron chi connectivity index (χ3n) is 8.87. The van der Waals surface area contributed by atoms with Crippen molar-refractivity contribution >= 4 is 17.8 Å². The topological polar surface area (TPSA) is 143 Å². The van der Waals surface area contributed by atoms with Crippen molar-refractivity contribution in [2.75, 3.05) is 51.1 Å². The minimum absolute atomic E-state index is 0.0984. The van der Waals surface area contributed by atoms with Crippen LogP contribution in [0.5, 0.6) is 0 Å². The number of urea groups is 1. The van der Waals surface area contributed by atoms with Gasteiger partial charge < -0.3 is 21.3 Å². The highest BCUT2D eigenvalue weighted by molar-refractivity contribution is 5.89. The van der Waals surface area contributed by atoms with Crippen molar-refractivity contribution in [3.63, 3.8) is 0 Å². The number of hydrogen-bond donors (Lipinski definition) is 3. The van der Waals surface area contributed by atoms with Gasteiger partial charge in [-0.05, 0) is 74.8 Å². The second-order valence-corrected chi connectivity index (χ2v) is 12.1. The molecule has 41 heavy (non-hydrogen) atoms. The van der Waals surface area contributed by atoms with Crippen LogP contribution in [0.15, 0.2) is 35.3 Å². The van der Waals surface area contributed by atoms with Crippen molar-refractivity contribution < 1.29 is 14.0 Å². The molecule has 3 heterocycles. The Morgan fingerprint density at radius 3 is 2.34 bits per heavy atom. The van der Waals surface area contributed by atoms with Crippen molar-refractivity contribution in [2.24, 2.45) is 29.2 Å². The van der Waals surface area contributed by atoms with E-state index < -0.39 is 17.3 Å². The Morgan fingerprint density at radius 2 is 1.78 bits per heavy atom. The second-order valence-electron chi connectivity index (χ2n) is 12.1. The normalized spacial score (nSPS) is 23.3. The number of fused-ring (bicyclic) bond motifs is 1. The van der Waals surface area contributed by atoms with Crippen LogP contribution in [0, 0.1) is 23.6 Å². The zero-order valence-corrected chi connectivity index (χ0v) is 24.1. The van der Waals surface area contributed by atoms with Gasteiger partial charge in [-0.2, -0.15) is 4.98 Å². The molecular weight excluding hydrogens is 527 g/mol. The fourth-order valence-electron chi connectivity index (χ4n) is 6.34. The van der Waals surface area contributed by atoms with Crippen molar-refractivity contribution in [3.05, 3.63) is 52.3 Å². The lowest BCUT2D eigenvalue weighted by Gasteiger charge is -2.37. The van der Waals surface area contributed by atoms with E-state index in [4.69, 9.17) is 11.5 Å². The number of halogens is 1. The standard InChI is InChI=1S/C29H41FN8O3/c1-4-19(37-16-22-21(15-31)23(22)17-37)13-18-5-6-20(14-24(18)30)38-8-7-25(34-28(38)41)33-27(40)36-11-9-35(10-12-36)26(39)29(2,3)32/h5-8,14,19,21-23H,4,9-13,15-17,31-32H2,1-3H3,(H,33,34,40,41)/t19?,21?,22-,23+. The Morgan fingerprint density at radius 1 is 1.12 bits per heavy atom. The molecule has 2 aromatic rings. The zero-order chi connectivity index (χ0) is 29.5. The Hall–Kier alpha value is -3.35. The summed E-state index contributed by atoms with van der Waals surface area (Å²) in [5, 5.41) is 2.64. The summed E-state index contributed by atoms with van der Waals surface area (Å²) in [6.45, 7) is 9.69. The number of piperidine rings is 1. The van der Waals surface area contributed by atoms with E-state index in [-0.39, 0.29) is 23.6 Å². The van der Waals surface area contributed by atoms with Crippen molar-refractivity contribution in [1.29, 1.82) is 0 Å². The van der Waals surface area contributed by atoms with Crippen LogP contribution in [0.4, 0.5) is 15.0 Å². The van der Waals surface area contributed by atoms with Crippen LogP contribution in [-0.4, -0.2) is 93.6 Å². The maximum absolute atomic E-state index is 15.2. The molecule has 222 valence electrons. The lowest BCUT2D eigenvalue weighted by Crippen LogP contribution is -2.58. The van der Waals surface area contributed by atoms with Gasteiger partial charge in [-0.25, -0.2) is 14.0 Å². The molecule has 1 aromatic heterocycles. The molecule has 0 radical (unpaired) electrons. The fourth-order valence-corrected chi connectivity index (χ4v) is 6.34. The number of carbonyl (C=O) groups is 2. The van der Waals surface area contributed by atoms with Crippen LogP contribution in [0.25, 0.3) is 5.69 Å². The van der Waals surface area contributed by atoms with Crippen LogP contribution in [0.2, 0.25) is 0 Å². The van der Waals surface area contributed by atoms with Crippen LogP contribution in [0.1, 0.15) is 32.8 Å². The molecule has 2 aliphatic heterocycles. The lowest BCUT2D eigenvalue weighted by atomic mass is 10.0. The Kier molecular flexibility index (Phi) is 8.18. The van der Waals surface area contributed by atoms with Gasteiger partial charge in [0.05, 0.1) is 11.2 Å². The highest BCUT2D eigenvalue weighted by Gasteiger charge is 2.55. The number of likely N-dealkylation sites (tertiary alicyclic amines) is 1. The van der Waals surface area contributed by atoms with Crippen LogP contribution >= 0.6 is 0 Å². The summed E-state index contributed by atoms with van der Waals surface area (Å²) in [5.41, 5.74) is 11.1. The number of anilines is 1. The van der Waals surface area contributed by atoms with Gasteiger partial charge >= 0.3 is 11.7 Å². The molecule has 1 aromatic carbocycles. The van der Waals surface area contributed by atoms with E-state index in [2.05, 4.69) is 22.1 Å². The van der Waals surface area contributed by atoms with Gasteiger partial charge in [-0.15, -0.1) is 0 Å². The average molecular weight is 569 g/mol. The molecule has 3 aliphatic rings. The number of hydrogen-bond acceptors (Lipinski definition) is 7. The number of nitrogens with two attached hydrogens (primary N) is 2. The third kappa shape index (κ3) is 6.14. The first kappa shape index (κ1) is 29.2. The Balaban J connectivity index is 1.18.